The van der Waals surface area contributed by atoms with E-state index in [2.05, 4.69) is 22.2 Å². The van der Waals surface area contributed by atoms with Gasteiger partial charge in [0.25, 0.3) is 5.56 Å². The van der Waals surface area contributed by atoms with Crippen molar-refractivity contribution in [2.75, 3.05) is 38.2 Å². The zero-order chi connectivity index (χ0) is 15.1. The molecule has 1 aromatic heterocycles. The summed E-state index contributed by atoms with van der Waals surface area (Å²) in [5.74, 6) is 0. The first-order chi connectivity index (χ1) is 10.2. The SMILES string of the molecule is CCNCCCn1ncc(N2CCC(OC)CC2)cc1=O. The Morgan fingerprint density at radius 3 is 2.81 bits per heavy atom. The van der Waals surface area contributed by atoms with Crippen LogP contribution in [0.4, 0.5) is 5.69 Å². The van der Waals surface area contributed by atoms with E-state index >= 15 is 0 Å². The van der Waals surface area contributed by atoms with Gasteiger partial charge in [0.2, 0.25) is 0 Å². The Balaban J connectivity index is 1.91. The van der Waals surface area contributed by atoms with E-state index in [9.17, 15) is 4.79 Å². The van der Waals surface area contributed by atoms with E-state index in [1.54, 1.807) is 17.9 Å². The smallest absolute Gasteiger partial charge is 0.268 e. The third kappa shape index (κ3) is 4.54. The third-order valence-corrected chi connectivity index (χ3v) is 3.97. The van der Waals surface area contributed by atoms with Gasteiger partial charge in [-0.2, -0.15) is 5.10 Å². The van der Waals surface area contributed by atoms with Gasteiger partial charge in [-0.3, -0.25) is 4.79 Å². The van der Waals surface area contributed by atoms with Crippen LogP contribution >= 0.6 is 0 Å². The topological polar surface area (TPSA) is 59.4 Å². The van der Waals surface area contributed by atoms with Crippen molar-refractivity contribution in [1.29, 1.82) is 0 Å². The van der Waals surface area contributed by atoms with E-state index in [4.69, 9.17) is 4.74 Å². The van der Waals surface area contributed by atoms with Crippen LogP contribution in [0.5, 0.6) is 0 Å². The summed E-state index contributed by atoms with van der Waals surface area (Å²) < 4.78 is 6.91. The van der Waals surface area contributed by atoms with Crippen LogP contribution in [0, 0.1) is 0 Å². The molecule has 0 bridgehead atoms. The number of piperidine rings is 1. The molecule has 0 unspecified atom stereocenters. The summed E-state index contributed by atoms with van der Waals surface area (Å²) in [6.45, 7) is 6.45. The van der Waals surface area contributed by atoms with Crippen LogP contribution in [-0.2, 0) is 11.3 Å². The molecular weight excluding hydrogens is 268 g/mol. The lowest BCUT2D eigenvalue weighted by molar-refractivity contribution is 0.0819. The van der Waals surface area contributed by atoms with Crippen molar-refractivity contribution in [2.45, 2.75) is 38.8 Å². The first-order valence-corrected chi connectivity index (χ1v) is 7.80. The van der Waals surface area contributed by atoms with Crippen LogP contribution in [0.15, 0.2) is 17.1 Å². The molecule has 0 radical (unpaired) electrons. The van der Waals surface area contributed by atoms with Crippen LogP contribution in [0.1, 0.15) is 26.2 Å². The third-order valence-electron chi connectivity index (χ3n) is 3.97. The molecule has 6 heteroatoms. The molecule has 6 nitrogen and oxygen atoms in total. The lowest BCUT2D eigenvalue weighted by atomic mass is 10.1. The number of nitrogens with zero attached hydrogens (tertiary/aromatic N) is 3. The number of rotatable bonds is 7. The van der Waals surface area contributed by atoms with E-state index in [0.29, 0.717) is 12.6 Å². The molecule has 1 aliphatic heterocycles. The van der Waals surface area contributed by atoms with Crippen molar-refractivity contribution in [3.63, 3.8) is 0 Å². The molecule has 118 valence electrons. The summed E-state index contributed by atoms with van der Waals surface area (Å²) in [4.78, 5) is 14.3. The number of hydrogen-bond acceptors (Lipinski definition) is 5. The summed E-state index contributed by atoms with van der Waals surface area (Å²) in [5, 5.41) is 7.54. The van der Waals surface area contributed by atoms with Crippen LogP contribution < -0.4 is 15.8 Å². The number of aryl methyl sites for hydroxylation is 1. The standard InChI is InChI=1S/C15H26N4O2/c1-3-16-7-4-8-19-15(20)11-13(12-17-19)18-9-5-14(21-2)6-10-18/h11-12,14,16H,3-10H2,1-2H3. The highest BCUT2D eigenvalue weighted by Crippen LogP contribution is 2.18. The molecular formula is C15H26N4O2. The molecule has 1 saturated heterocycles. The van der Waals surface area contributed by atoms with Crippen LogP contribution in [-0.4, -0.2) is 49.2 Å². The van der Waals surface area contributed by atoms with Gasteiger partial charge in [0, 0.05) is 32.8 Å². The molecule has 1 aliphatic rings. The van der Waals surface area contributed by atoms with Crippen LogP contribution in [0.3, 0.4) is 0 Å². The Labute approximate surface area is 126 Å². The molecule has 0 spiro atoms. The highest BCUT2D eigenvalue weighted by Gasteiger charge is 2.19. The van der Waals surface area contributed by atoms with Crippen molar-refractivity contribution in [1.82, 2.24) is 15.1 Å². The highest BCUT2D eigenvalue weighted by atomic mass is 16.5. The molecule has 1 fully saturated rings. The lowest BCUT2D eigenvalue weighted by Gasteiger charge is -2.32. The molecule has 0 amide bonds. The van der Waals surface area contributed by atoms with Gasteiger partial charge in [0.05, 0.1) is 18.0 Å². The fraction of sp³-hybridized carbons (Fsp3) is 0.733. The first kappa shape index (κ1) is 16.0. The van der Waals surface area contributed by atoms with Gasteiger partial charge in [-0.15, -0.1) is 0 Å². The second-order valence-electron chi connectivity index (χ2n) is 5.40. The van der Waals surface area contributed by atoms with Gasteiger partial charge in [-0.05, 0) is 32.4 Å². The van der Waals surface area contributed by atoms with Crippen LogP contribution in [0.2, 0.25) is 0 Å². The largest absolute Gasteiger partial charge is 0.381 e. The number of nitrogens with one attached hydrogen (secondary N) is 1. The van der Waals surface area contributed by atoms with Gasteiger partial charge in [-0.25, -0.2) is 4.68 Å². The minimum absolute atomic E-state index is 0.0159. The Morgan fingerprint density at radius 2 is 2.19 bits per heavy atom. The summed E-state index contributed by atoms with van der Waals surface area (Å²) in [5.41, 5.74) is 0.912. The van der Waals surface area contributed by atoms with Crippen molar-refractivity contribution >= 4 is 5.69 Å². The zero-order valence-electron chi connectivity index (χ0n) is 13.0. The summed E-state index contributed by atoms with van der Waals surface area (Å²) >= 11 is 0. The van der Waals surface area contributed by atoms with Crippen molar-refractivity contribution in [3.8, 4) is 0 Å². The van der Waals surface area contributed by atoms with Crippen molar-refractivity contribution < 1.29 is 4.74 Å². The molecule has 0 atom stereocenters. The van der Waals surface area contributed by atoms with Gasteiger partial charge in [0.15, 0.2) is 0 Å². The molecule has 2 rings (SSSR count). The normalized spacial score (nSPS) is 16.4. The van der Waals surface area contributed by atoms with Gasteiger partial charge < -0.3 is 15.0 Å². The predicted molar refractivity (Wildman–Crippen MR) is 83.9 cm³/mol. The monoisotopic (exact) mass is 294 g/mol. The van der Waals surface area contributed by atoms with Crippen molar-refractivity contribution in [3.05, 3.63) is 22.6 Å². The molecule has 1 N–H and O–H groups in total. The number of aromatic nitrogens is 2. The molecule has 21 heavy (non-hydrogen) atoms. The van der Waals surface area contributed by atoms with Gasteiger partial charge >= 0.3 is 0 Å². The Morgan fingerprint density at radius 1 is 1.43 bits per heavy atom. The number of hydrogen-bond donors (Lipinski definition) is 1. The summed E-state index contributed by atoms with van der Waals surface area (Å²) in [7, 11) is 1.76. The fourth-order valence-corrected chi connectivity index (χ4v) is 2.65. The average molecular weight is 294 g/mol. The summed E-state index contributed by atoms with van der Waals surface area (Å²) in [6.07, 6.45) is 5.08. The maximum absolute atomic E-state index is 12.1. The van der Waals surface area contributed by atoms with Gasteiger partial charge in [-0.1, -0.05) is 6.92 Å². The Hall–Kier alpha value is -1.40. The first-order valence-electron chi connectivity index (χ1n) is 7.80. The van der Waals surface area contributed by atoms with Crippen molar-refractivity contribution in [2.24, 2.45) is 0 Å². The fourth-order valence-electron chi connectivity index (χ4n) is 2.65. The van der Waals surface area contributed by atoms with E-state index in [-0.39, 0.29) is 5.56 Å². The maximum atomic E-state index is 12.1. The molecule has 1 aromatic rings. The number of methoxy groups -OCH3 is 1. The summed E-state index contributed by atoms with van der Waals surface area (Å²) in [6, 6.07) is 1.70. The van der Waals surface area contributed by atoms with E-state index < -0.39 is 0 Å². The number of anilines is 1. The molecule has 0 saturated carbocycles. The molecule has 0 aliphatic carbocycles. The highest BCUT2D eigenvalue weighted by molar-refractivity contribution is 5.43. The van der Waals surface area contributed by atoms with E-state index in [1.165, 1.54) is 0 Å². The number of ether oxygens (including phenoxy) is 1. The minimum Gasteiger partial charge on any atom is -0.381 e. The van der Waals surface area contributed by atoms with E-state index in [1.807, 2.05) is 6.20 Å². The minimum atomic E-state index is -0.0159. The van der Waals surface area contributed by atoms with E-state index in [0.717, 1.165) is 51.1 Å². The Kier molecular flexibility index (Phi) is 6.20. The average Bonchev–Trinajstić information content (AvgIpc) is 2.53. The quantitative estimate of drug-likeness (QED) is 0.756. The second-order valence-corrected chi connectivity index (χ2v) is 5.40. The molecule has 0 aromatic carbocycles. The Bertz CT molecular complexity index is 481. The molecule has 2 heterocycles. The second kappa shape index (κ2) is 8.14. The van der Waals surface area contributed by atoms with Crippen LogP contribution in [0.25, 0.3) is 0 Å². The zero-order valence-corrected chi connectivity index (χ0v) is 13.0. The van der Waals surface area contributed by atoms with Gasteiger partial charge in [0.1, 0.15) is 0 Å². The lowest BCUT2D eigenvalue weighted by Crippen LogP contribution is -2.37. The maximum Gasteiger partial charge on any atom is 0.268 e. The predicted octanol–water partition coefficient (Wildman–Crippen LogP) is 0.858.